The average molecular weight is 245 g/mol. The topological polar surface area (TPSA) is 40.3 Å². The molecule has 0 saturated heterocycles. The van der Waals surface area contributed by atoms with Crippen LogP contribution in [0.25, 0.3) is 0 Å². The molecule has 0 aliphatic carbocycles. The monoisotopic (exact) mass is 244 g/mol. The summed E-state index contributed by atoms with van der Waals surface area (Å²) in [4.78, 5) is 14.1. The largest absolute Gasteiger partial charge is 0.309 e. The van der Waals surface area contributed by atoms with Crippen LogP contribution in [0, 0.1) is 0 Å². The van der Waals surface area contributed by atoms with E-state index in [2.05, 4.69) is 31.8 Å². The lowest BCUT2D eigenvalue weighted by molar-refractivity contribution is 0.403. The van der Waals surface area contributed by atoms with Crippen molar-refractivity contribution in [3.63, 3.8) is 0 Å². The van der Waals surface area contributed by atoms with E-state index in [9.17, 15) is 0 Å². The molecule has 5 heteroatoms. The molecule has 0 N–H and O–H groups in total. The van der Waals surface area contributed by atoms with Gasteiger partial charge < -0.3 is 4.90 Å². The lowest BCUT2D eigenvalue weighted by Gasteiger charge is -2.05. The Labute approximate surface area is 104 Å². The van der Waals surface area contributed by atoms with Gasteiger partial charge in [0.05, 0.1) is 12.6 Å². The summed E-state index contributed by atoms with van der Waals surface area (Å²) >= 11 is 0. The van der Waals surface area contributed by atoms with Gasteiger partial charge in [-0.15, -0.1) is 12.4 Å². The van der Waals surface area contributed by atoms with Crippen LogP contribution in [-0.2, 0) is 0 Å². The Balaban J connectivity index is 0. The second kappa shape index (κ2) is 12.2. The second-order valence-corrected chi connectivity index (χ2v) is 3.42. The minimum atomic E-state index is 0. The summed E-state index contributed by atoms with van der Waals surface area (Å²) < 4.78 is 0. The highest BCUT2D eigenvalue weighted by Crippen LogP contribution is 1.86. The van der Waals surface area contributed by atoms with Crippen LogP contribution in [0.4, 0.5) is 0 Å². The highest BCUT2D eigenvalue weighted by atomic mass is 35.5. The molecule has 0 aromatic heterocycles. The molecule has 0 aromatic rings. The summed E-state index contributed by atoms with van der Waals surface area (Å²) in [7, 11) is 4.10. The van der Waals surface area contributed by atoms with Gasteiger partial charge in [-0.05, 0) is 40.9 Å². The average Bonchev–Trinajstić information content (AvgIpc) is 2.19. The molecule has 0 fully saturated rings. The lowest BCUT2D eigenvalue weighted by Crippen LogP contribution is -2.13. The maximum absolute atomic E-state index is 4.05. The maximum atomic E-state index is 4.05. The SMILES string of the molecule is CCN=C=C(C)N=C=NCCCN(C)C.Cl. The van der Waals surface area contributed by atoms with Crippen LogP contribution in [0.3, 0.4) is 0 Å². The summed E-state index contributed by atoms with van der Waals surface area (Å²) in [5.74, 6) is 2.79. The number of hydrogen-bond donors (Lipinski definition) is 0. The zero-order valence-electron chi connectivity index (χ0n) is 10.5. The van der Waals surface area contributed by atoms with E-state index >= 15 is 0 Å². The standard InChI is InChI=1S/C11H20N4.ClH/c1-5-12-9-11(2)14-10-13-7-6-8-15(3)4;/h5-8H2,1-4H3;1H. The molecule has 0 rings (SSSR count). The van der Waals surface area contributed by atoms with Gasteiger partial charge in [-0.1, -0.05) is 0 Å². The number of halogens is 1. The third-order valence-corrected chi connectivity index (χ3v) is 1.56. The Bertz CT molecular complexity index is 284. The van der Waals surface area contributed by atoms with Crippen molar-refractivity contribution < 1.29 is 0 Å². The third-order valence-electron chi connectivity index (χ3n) is 1.56. The Kier molecular flexibility index (Phi) is 13.3. The highest BCUT2D eigenvalue weighted by molar-refractivity contribution is 5.85. The first-order valence-electron chi connectivity index (χ1n) is 5.19. The first-order valence-corrected chi connectivity index (χ1v) is 5.19. The minimum absolute atomic E-state index is 0. The summed E-state index contributed by atoms with van der Waals surface area (Å²) in [5, 5.41) is 0. The highest BCUT2D eigenvalue weighted by Gasteiger charge is 1.87. The van der Waals surface area contributed by atoms with E-state index in [-0.39, 0.29) is 12.4 Å². The fourth-order valence-corrected chi connectivity index (χ4v) is 0.845. The molecule has 0 heterocycles. The number of nitrogens with zero attached hydrogens (tertiary/aromatic N) is 4. The van der Waals surface area contributed by atoms with E-state index < -0.39 is 0 Å². The normalized spacial score (nSPS) is 8.56. The summed E-state index contributed by atoms with van der Waals surface area (Å²) in [5.41, 5.74) is 0.716. The van der Waals surface area contributed by atoms with Gasteiger partial charge in [-0.2, -0.15) is 4.99 Å². The van der Waals surface area contributed by atoms with Crippen molar-refractivity contribution in [2.75, 3.05) is 33.7 Å². The van der Waals surface area contributed by atoms with Crippen LogP contribution in [0.5, 0.6) is 0 Å². The lowest BCUT2D eigenvalue weighted by atomic mass is 10.4. The van der Waals surface area contributed by atoms with Crippen LogP contribution in [0.1, 0.15) is 20.3 Å². The molecule has 0 bridgehead atoms. The van der Waals surface area contributed by atoms with Crippen LogP contribution in [0.15, 0.2) is 20.7 Å². The van der Waals surface area contributed by atoms with Crippen molar-refractivity contribution in [1.29, 1.82) is 0 Å². The fourth-order valence-electron chi connectivity index (χ4n) is 0.845. The number of allylic oxidation sites excluding steroid dienone is 1. The van der Waals surface area contributed by atoms with E-state index in [1.165, 1.54) is 0 Å². The number of hydrogen-bond acceptors (Lipinski definition) is 4. The van der Waals surface area contributed by atoms with Crippen molar-refractivity contribution in [2.24, 2.45) is 15.0 Å². The van der Waals surface area contributed by atoms with Crippen molar-refractivity contribution in [3.05, 3.63) is 5.70 Å². The Morgan fingerprint density at radius 3 is 2.50 bits per heavy atom. The van der Waals surface area contributed by atoms with E-state index in [1.54, 1.807) is 0 Å². The summed E-state index contributed by atoms with van der Waals surface area (Å²) in [6, 6.07) is 2.64. The van der Waals surface area contributed by atoms with Crippen LogP contribution >= 0.6 is 12.4 Å². The Morgan fingerprint density at radius 2 is 1.94 bits per heavy atom. The molecular formula is C11H21ClN4. The summed E-state index contributed by atoms with van der Waals surface area (Å²) in [6.07, 6.45) is 1.03. The van der Waals surface area contributed by atoms with Gasteiger partial charge in [0, 0.05) is 12.4 Å². The molecule has 0 atom stereocenters. The van der Waals surface area contributed by atoms with Crippen molar-refractivity contribution in [1.82, 2.24) is 4.90 Å². The van der Waals surface area contributed by atoms with Gasteiger partial charge in [0.25, 0.3) is 0 Å². The molecule has 0 saturated carbocycles. The van der Waals surface area contributed by atoms with E-state index in [0.29, 0.717) is 5.70 Å². The molecular weight excluding hydrogens is 224 g/mol. The number of rotatable bonds is 6. The molecule has 16 heavy (non-hydrogen) atoms. The predicted octanol–water partition coefficient (Wildman–Crippen LogP) is 2.13. The molecule has 0 radical (unpaired) electrons. The van der Waals surface area contributed by atoms with Gasteiger partial charge in [-0.25, -0.2) is 9.98 Å². The molecule has 0 aliphatic rings. The van der Waals surface area contributed by atoms with E-state index in [4.69, 9.17) is 0 Å². The first-order chi connectivity index (χ1) is 7.16. The van der Waals surface area contributed by atoms with Crippen LogP contribution in [-0.4, -0.2) is 50.5 Å². The molecule has 0 aliphatic heterocycles. The molecule has 4 nitrogen and oxygen atoms in total. The molecule has 92 valence electrons. The van der Waals surface area contributed by atoms with Crippen molar-refractivity contribution in [3.8, 4) is 0 Å². The fraction of sp³-hybridized carbons (Fsp3) is 0.727. The maximum Gasteiger partial charge on any atom is 0.109 e. The molecule has 0 unspecified atom stereocenters. The Morgan fingerprint density at radius 1 is 1.25 bits per heavy atom. The van der Waals surface area contributed by atoms with Crippen LogP contribution in [0.2, 0.25) is 0 Å². The van der Waals surface area contributed by atoms with Gasteiger partial charge in [0.1, 0.15) is 5.70 Å². The van der Waals surface area contributed by atoms with Gasteiger partial charge >= 0.3 is 0 Å². The minimum Gasteiger partial charge on any atom is -0.309 e. The van der Waals surface area contributed by atoms with E-state index in [1.807, 2.05) is 27.9 Å². The molecule has 0 amide bonds. The number of aliphatic imine (C=N–C) groups is 3. The Hall–Kier alpha value is -0.920. The summed E-state index contributed by atoms with van der Waals surface area (Å²) in [6.45, 7) is 6.32. The van der Waals surface area contributed by atoms with Crippen molar-refractivity contribution >= 4 is 24.3 Å². The predicted molar refractivity (Wildman–Crippen MR) is 72.3 cm³/mol. The smallest absolute Gasteiger partial charge is 0.109 e. The van der Waals surface area contributed by atoms with Gasteiger partial charge in [-0.3, -0.25) is 0 Å². The molecule has 0 aromatic carbocycles. The second-order valence-electron chi connectivity index (χ2n) is 3.42. The van der Waals surface area contributed by atoms with Crippen LogP contribution < -0.4 is 0 Å². The van der Waals surface area contributed by atoms with Crippen molar-refractivity contribution in [2.45, 2.75) is 20.3 Å². The van der Waals surface area contributed by atoms with Gasteiger partial charge in [0.15, 0.2) is 0 Å². The molecule has 0 spiro atoms. The zero-order valence-corrected chi connectivity index (χ0v) is 11.3. The first kappa shape index (κ1) is 17.5. The zero-order chi connectivity index (χ0) is 11.5. The van der Waals surface area contributed by atoms with E-state index in [0.717, 1.165) is 26.1 Å². The van der Waals surface area contributed by atoms with Gasteiger partial charge in [0.2, 0.25) is 0 Å². The quantitative estimate of drug-likeness (QED) is 0.521. The third kappa shape index (κ3) is 13.1.